The topological polar surface area (TPSA) is 95.7 Å². The van der Waals surface area contributed by atoms with Gasteiger partial charge in [0.15, 0.2) is 5.58 Å². The number of benzene rings is 1. The molecule has 4 rings (SSSR count). The number of carbonyl (C=O) groups excluding carboxylic acids is 1. The maximum atomic E-state index is 12.6. The molecule has 0 radical (unpaired) electrons. The van der Waals surface area contributed by atoms with E-state index in [4.69, 9.17) is 16.0 Å². The number of carboxylic acids is 1. The predicted molar refractivity (Wildman–Crippen MR) is 101 cm³/mol. The van der Waals surface area contributed by atoms with Crippen molar-refractivity contribution < 1.29 is 19.1 Å². The van der Waals surface area contributed by atoms with Crippen molar-refractivity contribution in [3.63, 3.8) is 0 Å². The fourth-order valence-electron chi connectivity index (χ4n) is 4.09. The van der Waals surface area contributed by atoms with Crippen LogP contribution in [0.15, 0.2) is 22.6 Å². The molecule has 1 amide bonds. The van der Waals surface area contributed by atoms with Gasteiger partial charge in [-0.2, -0.15) is 4.98 Å². The normalized spacial score (nSPS) is 23.7. The number of aliphatic carboxylic acids is 1. The van der Waals surface area contributed by atoms with Gasteiger partial charge in [-0.3, -0.25) is 9.59 Å². The van der Waals surface area contributed by atoms with Crippen LogP contribution in [0.1, 0.15) is 32.1 Å². The van der Waals surface area contributed by atoms with Gasteiger partial charge >= 0.3 is 5.97 Å². The van der Waals surface area contributed by atoms with E-state index >= 15 is 0 Å². The number of carboxylic acid groups (broad SMARTS) is 1. The maximum absolute atomic E-state index is 12.6. The van der Waals surface area contributed by atoms with Crippen LogP contribution >= 0.6 is 11.6 Å². The van der Waals surface area contributed by atoms with E-state index in [-0.39, 0.29) is 17.9 Å². The molecular weight excluding hydrogens is 370 g/mol. The van der Waals surface area contributed by atoms with Crippen LogP contribution in [0.2, 0.25) is 5.02 Å². The Morgan fingerprint density at radius 2 is 2.00 bits per heavy atom. The van der Waals surface area contributed by atoms with E-state index in [1.807, 2.05) is 4.90 Å². The number of hydrogen-bond donors (Lipinski definition) is 2. The number of fused-ring (bicyclic) bond motifs is 1. The van der Waals surface area contributed by atoms with Gasteiger partial charge in [0.1, 0.15) is 5.52 Å². The summed E-state index contributed by atoms with van der Waals surface area (Å²) < 4.78 is 5.80. The molecule has 1 aromatic heterocycles. The zero-order valence-corrected chi connectivity index (χ0v) is 15.6. The van der Waals surface area contributed by atoms with E-state index in [1.54, 1.807) is 18.2 Å². The van der Waals surface area contributed by atoms with Crippen LogP contribution in [0.4, 0.5) is 6.01 Å². The number of rotatable bonds is 4. The molecule has 1 saturated carbocycles. The molecule has 0 spiro atoms. The van der Waals surface area contributed by atoms with E-state index in [0.29, 0.717) is 49.0 Å². The molecule has 0 bridgehead atoms. The summed E-state index contributed by atoms with van der Waals surface area (Å²) in [5.41, 5.74) is 1.41. The van der Waals surface area contributed by atoms with Gasteiger partial charge in [-0.05, 0) is 43.9 Å². The molecule has 2 fully saturated rings. The van der Waals surface area contributed by atoms with Gasteiger partial charge < -0.3 is 19.7 Å². The monoisotopic (exact) mass is 391 g/mol. The van der Waals surface area contributed by atoms with Gasteiger partial charge in [-0.15, -0.1) is 0 Å². The Morgan fingerprint density at radius 1 is 1.22 bits per heavy atom. The van der Waals surface area contributed by atoms with Gasteiger partial charge in [-0.25, -0.2) is 0 Å². The Hall–Kier alpha value is -2.28. The van der Waals surface area contributed by atoms with Crippen LogP contribution in [0.25, 0.3) is 11.1 Å². The minimum Gasteiger partial charge on any atom is -0.481 e. The highest BCUT2D eigenvalue weighted by Crippen LogP contribution is 2.29. The number of amides is 1. The average molecular weight is 392 g/mol. The van der Waals surface area contributed by atoms with Gasteiger partial charge in [0.25, 0.3) is 6.01 Å². The first-order chi connectivity index (χ1) is 13.0. The number of anilines is 1. The molecule has 1 saturated heterocycles. The molecule has 2 heterocycles. The van der Waals surface area contributed by atoms with Crippen LogP contribution in [0.5, 0.6) is 0 Å². The van der Waals surface area contributed by atoms with Crippen molar-refractivity contribution >= 4 is 40.6 Å². The Bertz CT molecular complexity index is 860. The summed E-state index contributed by atoms with van der Waals surface area (Å²) in [6, 6.07) is 5.64. The Morgan fingerprint density at radius 3 is 2.74 bits per heavy atom. The van der Waals surface area contributed by atoms with Gasteiger partial charge in [0.2, 0.25) is 5.91 Å². The quantitative estimate of drug-likeness (QED) is 0.831. The van der Waals surface area contributed by atoms with E-state index in [9.17, 15) is 14.7 Å². The smallest absolute Gasteiger partial charge is 0.308 e. The summed E-state index contributed by atoms with van der Waals surface area (Å²) >= 11 is 5.99. The first-order valence-electron chi connectivity index (χ1n) is 9.35. The van der Waals surface area contributed by atoms with Crippen LogP contribution in [0.3, 0.4) is 0 Å². The molecule has 2 unspecified atom stereocenters. The average Bonchev–Trinajstić information content (AvgIpc) is 3.28. The third kappa shape index (κ3) is 3.74. The first-order valence-corrected chi connectivity index (χ1v) is 9.73. The summed E-state index contributed by atoms with van der Waals surface area (Å²) in [4.78, 5) is 30.4. The Labute approximate surface area is 161 Å². The minimum absolute atomic E-state index is 0.0304. The molecule has 2 N–H and O–H groups in total. The van der Waals surface area contributed by atoms with Crippen molar-refractivity contribution in [3.05, 3.63) is 23.2 Å². The van der Waals surface area contributed by atoms with Crippen LogP contribution in [-0.4, -0.2) is 41.1 Å². The van der Waals surface area contributed by atoms with E-state index in [0.717, 1.165) is 18.4 Å². The van der Waals surface area contributed by atoms with Gasteiger partial charge in [-0.1, -0.05) is 18.0 Å². The largest absolute Gasteiger partial charge is 0.481 e. The van der Waals surface area contributed by atoms with Crippen molar-refractivity contribution in [1.29, 1.82) is 0 Å². The summed E-state index contributed by atoms with van der Waals surface area (Å²) in [7, 11) is 0. The van der Waals surface area contributed by atoms with E-state index in [1.165, 1.54) is 0 Å². The summed E-state index contributed by atoms with van der Waals surface area (Å²) in [6.07, 6.45) is 3.61. The van der Waals surface area contributed by atoms with Crippen molar-refractivity contribution in [2.75, 3.05) is 18.0 Å². The lowest BCUT2D eigenvalue weighted by Gasteiger charge is -2.31. The standard InChI is InChI=1S/C19H22ClN3O4/c20-12-4-5-16-15(10-12)22-19(27-16)23-8-6-11(7-9-23)17(24)21-14-3-1-2-13(14)18(25)26/h4-5,10-11,13-14H,1-3,6-9H2,(H,21,24)(H,25,26). The molecule has 2 aliphatic rings. The summed E-state index contributed by atoms with van der Waals surface area (Å²) in [6.45, 7) is 1.34. The van der Waals surface area contributed by atoms with Gasteiger partial charge in [0.05, 0.1) is 5.92 Å². The predicted octanol–water partition coefficient (Wildman–Crippen LogP) is 3.07. The number of hydrogen-bond acceptors (Lipinski definition) is 5. The van der Waals surface area contributed by atoms with Gasteiger partial charge in [0, 0.05) is 30.1 Å². The van der Waals surface area contributed by atoms with Crippen molar-refractivity contribution in [3.8, 4) is 0 Å². The van der Waals surface area contributed by atoms with Crippen molar-refractivity contribution in [2.24, 2.45) is 11.8 Å². The molecule has 2 atom stereocenters. The molecule has 27 heavy (non-hydrogen) atoms. The molecule has 1 aromatic carbocycles. The molecule has 1 aliphatic heterocycles. The highest BCUT2D eigenvalue weighted by atomic mass is 35.5. The van der Waals surface area contributed by atoms with Crippen LogP contribution in [0, 0.1) is 11.8 Å². The fraction of sp³-hybridized carbons (Fsp3) is 0.526. The number of oxazole rings is 1. The molecule has 8 heteroatoms. The summed E-state index contributed by atoms with van der Waals surface area (Å²) in [5, 5.41) is 12.8. The molecule has 2 aromatic rings. The summed E-state index contributed by atoms with van der Waals surface area (Å²) in [5.74, 6) is -1.41. The van der Waals surface area contributed by atoms with Crippen molar-refractivity contribution in [2.45, 2.75) is 38.1 Å². The zero-order chi connectivity index (χ0) is 19.0. The Kier molecular flexibility index (Phi) is 4.95. The molecule has 7 nitrogen and oxygen atoms in total. The third-order valence-corrected chi connectivity index (χ3v) is 5.87. The number of nitrogens with one attached hydrogen (secondary N) is 1. The zero-order valence-electron chi connectivity index (χ0n) is 14.9. The Balaban J connectivity index is 1.35. The van der Waals surface area contributed by atoms with Crippen LogP contribution < -0.4 is 10.2 Å². The second kappa shape index (κ2) is 7.38. The highest BCUT2D eigenvalue weighted by Gasteiger charge is 2.36. The molecular formula is C19H22ClN3O4. The molecule has 144 valence electrons. The number of nitrogens with zero attached hydrogens (tertiary/aromatic N) is 2. The molecule has 1 aliphatic carbocycles. The van der Waals surface area contributed by atoms with E-state index in [2.05, 4.69) is 10.3 Å². The number of aromatic nitrogens is 1. The first kappa shape index (κ1) is 18.1. The number of carbonyl (C=O) groups is 2. The maximum Gasteiger partial charge on any atom is 0.308 e. The number of piperidine rings is 1. The second-order valence-corrected chi connectivity index (χ2v) is 7.80. The minimum atomic E-state index is -0.816. The van der Waals surface area contributed by atoms with Crippen molar-refractivity contribution in [1.82, 2.24) is 10.3 Å². The lowest BCUT2D eigenvalue weighted by Crippen LogP contribution is -2.46. The number of halogens is 1. The fourth-order valence-corrected chi connectivity index (χ4v) is 4.25. The second-order valence-electron chi connectivity index (χ2n) is 7.36. The lowest BCUT2D eigenvalue weighted by atomic mass is 9.95. The van der Waals surface area contributed by atoms with E-state index < -0.39 is 11.9 Å². The lowest BCUT2D eigenvalue weighted by molar-refractivity contribution is -0.142. The third-order valence-electron chi connectivity index (χ3n) is 5.64. The highest BCUT2D eigenvalue weighted by molar-refractivity contribution is 6.31. The van der Waals surface area contributed by atoms with Crippen LogP contribution in [-0.2, 0) is 9.59 Å². The SMILES string of the molecule is O=C(NC1CCCC1C(=O)O)C1CCN(c2nc3cc(Cl)ccc3o2)CC1.